The molecule has 0 bridgehead atoms. The number of aryl methyl sites for hydroxylation is 1. The highest BCUT2D eigenvalue weighted by Gasteiger charge is 2.15. The third-order valence-corrected chi connectivity index (χ3v) is 4.72. The molecule has 0 atom stereocenters. The molecule has 1 aliphatic rings. The third kappa shape index (κ3) is 3.33. The lowest BCUT2D eigenvalue weighted by molar-refractivity contribution is 0.102. The molecule has 2 N–H and O–H groups in total. The molecule has 1 saturated carbocycles. The molecule has 128 valence electrons. The molecule has 3 aromatic rings. The maximum atomic E-state index is 12.5. The molecule has 6 nitrogen and oxygen atoms in total. The van der Waals surface area contributed by atoms with Crippen LogP contribution < -0.4 is 10.6 Å². The zero-order valence-electron chi connectivity index (χ0n) is 14.2. The van der Waals surface area contributed by atoms with Crippen LogP contribution in [0.1, 0.15) is 36.0 Å². The molecule has 1 fully saturated rings. The number of carbonyl (C=O) groups is 1. The number of carbonyl (C=O) groups excluding carboxylic acids is 1. The minimum atomic E-state index is -0.148. The Morgan fingerprint density at radius 3 is 2.76 bits per heavy atom. The van der Waals surface area contributed by atoms with E-state index >= 15 is 0 Å². The molecule has 6 heteroatoms. The number of amides is 1. The van der Waals surface area contributed by atoms with Crippen LogP contribution in [0.5, 0.6) is 0 Å². The molecule has 1 amide bonds. The smallest absolute Gasteiger partial charge is 0.255 e. The maximum absolute atomic E-state index is 12.5. The van der Waals surface area contributed by atoms with Crippen LogP contribution in [0.15, 0.2) is 42.5 Å². The van der Waals surface area contributed by atoms with Crippen molar-refractivity contribution in [2.75, 3.05) is 10.6 Å². The third-order valence-electron chi connectivity index (χ3n) is 4.72. The van der Waals surface area contributed by atoms with Gasteiger partial charge in [0.05, 0.1) is 5.52 Å². The van der Waals surface area contributed by atoms with Gasteiger partial charge < -0.3 is 10.6 Å². The first kappa shape index (κ1) is 15.6. The lowest BCUT2D eigenvalue weighted by Crippen LogP contribution is -2.15. The fraction of sp³-hybridized carbons (Fsp3) is 0.316. The molecule has 0 unspecified atom stereocenters. The predicted molar refractivity (Wildman–Crippen MR) is 98.8 cm³/mol. The summed E-state index contributed by atoms with van der Waals surface area (Å²) in [6.45, 7) is 0. The summed E-state index contributed by atoms with van der Waals surface area (Å²) in [5, 5.41) is 14.5. The first-order chi connectivity index (χ1) is 12.2. The van der Waals surface area contributed by atoms with Crippen molar-refractivity contribution >= 4 is 28.3 Å². The van der Waals surface area contributed by atoms with E-state index in [9.17, 15) is 4.79 Å². The first-order valence-electron chi connectivity index (χ1n) is 8.66. The van der Waals surface area contributed by atoms with E-state index in [4.69, 9.17) is 0 Å². The van der Waals surface area contributed by atoms with Crippen LogP contribution in [0.2, 0.25) is 0 Å². The van der Waals surface area contributed by atoms with Crippen molar-refractivity contribution in [1.82, 2.24) is 15.0 Å². The number of hydrogen-bond acceptors (Lipinski definition) is 4. The molecule has 0 aliphatic heterocycles. The molecule has 1 aromatic heterocycles. The standard InChI is InChI=1S/C19H21N5O/c1-24-18-10-9-13(11-17(18)22-23-24)19(25)21-16-8-4-7-15(12-16)20-14-5-2-3-6-14/h4,7-12,14,20H,2-3,5-6H2,1H3,(H,21,25). The molecular weight excluding hydrogens is 314 g/mol. The summed E-state index contributed by atoms with van der Waals surface area (Å²) in [6.07, 6.45) is 5.02. The number of hydrogen-bond donors (Lipinski definition) is 2. The van der Waals surface area contributed by atoms with E-state index in [1.807, 2.05) is 37.4 Å². The van der Waals surface area contributed by atoms with Gasteiger partial charge in [-0.05, 0) is 49.2 Å². The normalized spacial score (nSPS) is 14.8. The summed E-state index contributed by atoms with van der Waals surface area (Å²) in [5.41, 5.74) is 4.02. The van der Waals surface area contributed by atoms with Gasteiger partial charge in [-0.3, -0.25) is 4.79 Å². The minimum Gasteiger partial charge on any atom is -0.382 e. The van der Waals surface area contributed by atoms with Gasteiger partial charge in [0, 0.05) is 30.0 Å². The Kier molecular flexibility index (Phi) is 4.09. The Bertz CT molecular complexity index is 911. The topological polar surface area (TPSA) is 71.8 Å². The lowest BCUT2D eigenvalue weighted by atomic mass is 10.1. The fourth-order valence-corrected chi connectivity index (χ4v) is 3.38. The summed E-state index contributed by atoms with van der Waals surface area (Å²) in [6, 6.07) is 13.8. The zero-order chi connectivity index (χ0) is 17.2. The number of fused-ring (bicyclic) bond motifs is 1. The average Bonchev–Trinajstić information content (AvgIpc) is 3.25. The highest BCUT2D eigenvalue weighted by molar-refractivity contribution is 6.06. The van der Waals surface area contributed by atoms with Crippen molar-refractivity contribution < 1.29 is 4.79 Å². The van der Waals surface area contributed by atoms with E-state index in [1.54, 1.807) is 16.8 Å². The SMILES string of the molecule is Cn1nnc2cc(C(=O)Nc3cccc(NC4CCCC4)c3)ccc21. The number of nitrogens with one attached hydrogen (secondary N) is 2. The summed E-state index contributed by atoms with van der Waals surface area (Å²) in [5.74, 6) is -0.148. The van der Waals surface area contributed by atoms with Gasteiger partial charge in [-0.1, -0.05) is 24.1 Å². The van der Waals surface area contributed by atoms with E-state index in [0.29, 0.717) is 17.1 Å². The lowest BCUT2D eigenvalue weighted by Gasteiger charge is -2.14. The molecule has 0 saturated heterocycles. The Labute approximate surface area is 146 Å². The second-order valence-electron chi connectivity index (χ2n) is 6.58. The van der Waals surface area contributed by atoms with E-state index in [-0.39, 0.29) is 5.91 Å². The van der Waals surface area contributed by atoms with Crippen LogP contribution >= 0.6 is 0 Å². The molecular formula is C19H21N5O. The van der Waals surface area contributed by atoms with Gasteiger partial charge in [-0.25, -0.2) is 4.68 Å². The number of nitrogens with zero attached hydrogens (tertiary/aromatic N) is 3. The van der Waals surface area contributed by atoms with Gasteiger partial charge in [-0.15, -0.1) is 5.10 Å². The highest BCUT2D eigenvalue weighted by Crippen LogP contribution is 2.24. The van der Waals surface area contributed by atoms with E-state index in [1.165, 1.54) is 25.7 Å². The zero-order valence-corrected chi connectivity index (χ0v) is 14.2. The van der Waals surface area contributed by atoms with Crippen LogP contribution in [0, 0.1) is 0 Å². The largest absolute Gasteiger partial charge is 0.382 e. The Morgan fingerprint density at radius 2 is 1.92 bits per heavy atom. The summed E-state index contributed by atoms with van der Waals surface area (Å²) < 4.78 is 1.69. The summed E-state index contributed by atoms with van der Waals surface area (Å²) in [7, 11) is 1.83. The Hall–Kier alpha value is -2.89. The van der Waals surface area contributed by atoms with Crippen molar-refractivity contribution in [3.8, 4) is 0 Å². The molecule has 4 rings (SSSR count). The fourth-order valence-electron chi connectivity index (χ4n) is 3.38. The van der Waals surface area contributed by atoms with Crippen LogP contribution in [-0.4, -0.2) is 26.9 Å². The summed E-state index contributed by atoms with van der Waals surface area (Å²) >= 11 is 0. The van der Waals surface area contributed by atoms with Gasteiger partial charge >= 0.3 is 0 Å². The predicted octanol–water partition coefficient (Wildman–Crippen LogP) is 3.58. The minimum absolute atomic E-state index is 0.148. The van der Waals surface area contributed by atoms with Crippen molar-refractivity contribution in [1.29, 1.82) is 0 Å². The molecule has 0 radical (unpaired) electrons. The highest BCUT2D eigenvalue weighted by atomic mass is 16.1. The number of anilines is 2. The maximum Gasteiger partial charge on any atom is 0.255 e. The Balaban J connectivity index is 1.49. The van der Waals surface area contributed by atoms with Gasteiger partial charge in [0.15, 0.2) is 0 Å². The van der Waals surface area contributed by atoms with Gasteiger partial charge in [0.1, 0.15) is 5.52 Å². The van der Waals surface area contributed by atoms with Gasteiger partial charge in [0.2, 0.25) is 0 Å². The van der Waals surface area contributed by atoms with E-state index in [0.717, 1.165) is 16.9 Å². The van der Waals surface area contributed by atoms with Gasteiger partial charge in [-0.2, -0.15) is 0 Å². The molecule has 25 heavy (non-hydrogen) atoms. The average molecular weight is 335 g/mol. The summed E-state index contributed by atoms with van der Waals surface area (Å²) in [4.78, 5) is 12.5. The van der Waals surface area contributed by atoms with E-state index < -0.39 is 0 Å². The molecule has 2 aromatic carbocycles. The monoisotopic (exact) mass is 335 g/mol. The van der Waals surface area contributed by atoms with E-state index in [2.05, 4.69) is 20.9 Å². The molecule has 1 heterocycles. The Morgan fingerprint density at radius 1 is 1.12 bits per heavy atom. The first-order valence-corrected chi connectivity index (χ1v) is 8.66. The number of aromatic nitrogens is 3. The number of rotatable bonds is 4. The van der Waals surface area contributed by atoms with Gasteiger partial charge in [0.25, 0.3) is 5.91 Å². The van der Waals surface area contributed by atoms with Crippen LogP contribution in [-0.2, 0) is 7.05 Å². The van der Waals surface area contributed by atoms with Crippen LogP contribution in [0.3, 0.4) is 0 Å². The van der Waals surface area contributed by atoms with Crippen LogP contribution in [0.4, 0.5) is 11.4 Å². The van der Waals surface area contributed by atoms with Crippen molar-refractivity contribution in [3.63, 3.8) is 0 Å². The van der Waals surface area contributed by atoms with Crippen molar-refractivity contribution in [2.24, 2.45) is 7.05 Å². The van der Waals surface area contributed by atoms with Crippen molar-refractivity contribution in [2.45, 2.75) is 31.7 Å². The van der Waals surface area contributed by atoms with Crippen LogP contribution in [0.25, 0.3) is 11.0 Å². The number of benzene rings is 2. The quantitative estimate of drug-likeness (QED) is 0.764. The second-order valence-corrected chi connectivity index (χ2v) is 6.58. The second kappa shape index (κ2) is 6.55. The molecule has 1 aliphatic carbocycles. The van der Waals surface area contributed by atoms with Crippen molar-refractivity contribution in [3.05, 3.63) is 48.0 Å². The molecule has 0 spiro atoms.